The molecule has 9 heavy (non-hydrogen) atoms. The molecular formula is C7H10Cl2. The molecule has 2 heteroatoms. The van der Waals surface area contributed by atoms with Crippen LogP contribution in [0.15, 0.2) is 0 Å². The molecule has 0 nitrogen and oxygen atoms in total. The van der Waals surface area contributed by atoms with Gasteiger partial charge >= 0.3 is 0 Å². The van der Waals surface area contributed by atoms with Crippen molar-refractivity contribution in [1.82, 2.24) is 0 Å². The van der Waals surface area contributed by atoms with Crippen LogP contribution in [0.3, 0.4) is 0 Å². The van der Waals surface area contributed by atoms with Crippen molar-refractivity contribution >= 4 is 23.2 Å². The predicted octanol–water partition coefficient (Wildman–Crippen LogP) is 2.78. The summed E-state index contributed by atoms with van der Waals surface area (Å²) in [5.74, 6) is 0.852. The lowest BCUT2D eigenvalue weighted by Gasteiger charge is -2.23. The maximum Gasteiger partial charge on any atom is 0.0612 e. The summed E-state index contributed by atoms with van der Waals surface area (Å²) < 4.78 is 0. The van der Waals surface area contributed by atoms with Crippen LogP contribution in [0.25, 0.3) is 0 Å². The molecule has 0 aromatic carbocycles. The molecule has 0 spiro atoms. The van der Waals surface area contributed by atoms with Gasteiger partial charge in [-0.2, -0.15) is 0 Å². The standard InChI is InChI=1S/C7H10Cl2/c8-6-3-5-1-2-7(6,9)4-5/h5-6H,1-4H2/t5-,6-,7+/m1/s1. The first-order valence-corrected chi connectivity index (χ1v) is 4.35. The van der Waals surface area contributed by atoms with E-state index in [1.807, 2.05) is 0 Å². The van der Waals surface area contributed by atoms with E-state index in [1.165, 1.54) is 12.8 Å². The Morgan fingerprint density at radius 3 is 2.44 bits per heavy atom. The second-order valence-electron chi connectivity index (χ2n) is 3.35. The summed E-state index contributed by atoms with van der Waals surface area (Å²) >= 11 is 12.2. The fraction of sp³-hybridized carbons (Fsp3) is 1.00. The molecule has 0 aliphatic heterocycles. The van der Waals surface area contributed by atoms with Gasteiger partial charge in [-0.15, -0.1) is 23.2 Å². The molecule has 2 saturated carbocycles. The third-order valence-corrected chi connectivity index (χ3v) is 4.01. The van der Waals surface area contributed by atoms with Crippen LogP contribution in [-0.2, 0) is 0 Å². The quantitative estimate of drug-likeness (QED) is 0.484. The van der Waals surface area contributed by atoms with Crippen molar-refractivity contribution in [3.63, 3.8) is 0 Å². The van der Waals surface area contributed by atoms with Crippen LogP contribution in [0, 0.1) is 5.92 Å². The average molecular weight is 165 g/mol. The fourth-order valence-corrected chi connectivity index (χ4v) is 2.98. The maximum atomic E-state index is 6.22. The van der Waals surface area contributed by atoms with E-state index < -0.39 is 0 Å². The summed E-state index contributed by atoms with van der Waals surface area (Å²) in [6.07, 6.45) is 4.79. The summed E-state index contributed by atoms with van der Waals surface area (Å²) in [4.78, 5) is 0.00617. The van der Waals surface area contributed by atoms with Crippen molar-refractivity contribution in [3.05, 3.63) is 0 Å². The zero-order chi connectivity index (χ0) is 6.48. The van der Waals surface area contributed by atoms with Gasteiger partial charge in [0, 0.05) is 0 Å². The Morgan fingerprint density at radius 2 is 2.22 bits per heavy atom. The van der Waals surface area contributed by atoms with Crippen molar-refractivity contribution in [3.8, 4) is 0 Å². The van der Waals surface area contributed by atoms with Gasteiger partial charge in [-0.3, -0.25) is 0 Å². The molecule has 2 fully saturated rings. The van der Waals surface area contributed by atoms with Gasteiger partial charge in [-0.25, -0.2) is 0 Å². The minimum absolute atomic E-state index is 0.00617. The van der Waals surface area contributed by atoms with Gasteiger partial charge in [-0.1, -0.05) is 0 Å². The van der Waals surface area contributed by atoms with E-state index in [9.17, 15) is 0 Å². The van der Waals surface area contributed by atoms with Crippen molar-refractivity contribution in [2.75, 3.05) is 0 Å². The van der Waals surface area contributed by atoms with Crippen LogP contribution in [0.4, 0.5) is 0 Å². The highest BCUT2D eigenvalue weighted by Gasteiger charge is 2.49. The highest BCUT2D eigenvalue weighted by molar-refractivity contribution is 6.33. The topological polar surface area (TPSA) is 0 Å². The van der Waals surface area contributed by atoms with Gasteiger partial charge in [0.2, 0.25) is 0 Å². The summed E-state index contributed by atoms with van der Waals surface area (Å²) in [5.41, 5.74) is 0. The second-order valence-corrected chi connectivity index (χ2v) is 4.63. The highest BCUT2D eigenvalue weighted by atomic mass is 35.5. The first kappa shape index (κ1) is 6.30. The van der Waals surface area contributed by atoms with Crippen LogP contribution < -0.4 is 0 Å². The van der Waals surface area contributed by atoms with E-state index in [0.29, 0.717) is 0 Å². The van der Waals surface area contributed by atoms with E-state index in [4.69, 9.17) is 23.2 Å². The minimum atomic E-state index is 0.00617. The highest BCUT2D eigenvalue weighted by Crippen LogP contribution is 2.53. The maximum absolute atomic E-state index is 6.22. The number of fused-ring (bicyclic) bond motifs is 2. The Labute approximate surface area is 65.5 Å². The largest absolute Gasteiger partial charge is 0.121 e. The third-order valence-electron chi connectivity index (χ3n) is 2.70. The number of halogens is 2. The van der Waals surface area contributed by atoms with Gasteiger partial charge in [0.1, 0.15) is 0 Å². The summed E-state index contributed by atoms with van der Waals surface area (Å²) in [6, 6.07) is 0. The second kappa shape index (κ2) is 1.79. The van der Waals surface area contributed by atoms with E-state index in [-0.39, 0.29) is 10.3 Å². The van der Waals surface area contributed by atoms with Crippen LogP contribution in [0.5, 0.6) is 0 Å². The Kier molecular flexibility index (Phi) is 1.26. The van der Waals surface area contributed by atoms with Gasteiger partial charge in [0.05, 0.1) is 10.3 Å². The number of alkyl halides is 2. The van der Waals surface area contributed by atoms with Crippen molar-refractivity contribution in [2.24, 2.45) is 5.92 Å². The molecule has 0 radical (unpaired) electrons. The molecule has 52 valence electrons. The molecule has 0 amide bonds. The smallest absolute Gasteiger partial charge is 0.0612 e. The molecule has 0 aromatic heterocycles. The molecule has 2 rings (SSSR count). The number of hydrogen-bond donors (Lipinski definition) is 0. The molecule has 0 heterocycles. The average Bonchev–Trinajstić information content (AvgIpc) is 2.22. The predicted molar refractivity (Wildman–Crippen MR) is 40.2 cm³/mol. The van der Waals surface area contributed by atoms with Crippen LogP contribution >= 0.6 is 23.2 Å². The molecule has 0 N–H and O–H groups in total. The molecule has 0 aromatic rings. The van der Waals surface area contributed by atoms with Crippen molar-refractivity contribution < 1.29 is 0 Å². The zero-order valence-electron chi connectivity index (χ0n) is 5.24. The summed E-state index contributed by atoms with van der Waals surface area (Å²) in [6.45, 7) is 0. The van der Waals surface area contributed by atoms with Crippen LogP contribution in [0.2, 0.25) is 0 Å². The Balaban J connectivity index is 2.22. The van der Waals surface area contributed by atoms with Gasteiger partial charge in [0.15, 0.2) is 0 Å². The zero-order valence-corrected chi connectivity index (χ0v) is 6.75. The summed E-state index contributed by atoms with van der Waals surface area (Å²) in [5, 5.41) is 0.262. The van der Waals surface area contributed by atoms with Gasteiger partial charge in [0.25, 0.3) is 0 Å². The van der Waals surface area contributed by atoms with E-state index in [2.05, 4.69) is 0 Å². The first-order valence-electron chi connectivity index (χ1n) is 3.54. The Bertz CT molecular complexity index is 135. The monoisotopic (exact) mass is 164 g/mol. The Morgan fingerprint density at radius 1 is 1.44 bits per heavy atom. The van der Waals surface area contributed by atoms with E-state index in [0.717, 1.165) is 18.8 Å². The molecule has 2 bridgehead atoms. The lowest BCUT2D eigenvalue weighted by atomic mass is 10.00. The normalized spacial score (nSPS) is 56.7. The summed E-state index contributed by atoms with van der Waals surface area (Å²) in [7, 11) is 0. The van der Waals surface area contributed by atoms with Gasteiger partial charge in [-0.05, 0) is 31.6 Å². The SMILES string of the molecule is Cl[C@@H]1C[C@H]2CC[C@]1(Cl)C2. The van der Waals surface area contributed by atoms with E-state index in [1.54, 1.807) is 0 Å². The molecule has 2 aliphatic rings. The van der Waals surface area contributed by atoms with Crippen LogP contribution in [0.1, 0.15) is 25.7 Å². The lowest BCUT2D eigenvalue weighted by Crippen LogP contribution is -2.25. The van der Waals surface area contributed by atoms with Gasteiger partial charge < -0.3 is 0 Å². The lowest BCUT2D eigenvalue weighted by molar-refractivity contribution is 0.502. The third kappa shape index (κ3) is 0.798. The minimum Gasteiger partial charge on any atom is -0.121 e. The van der Waals surface area contributed by atoms with E-state index >= 15 is 0 Å². The first-order chi connectivity index (χ1) is 4.21. The molecular weight excluding hydrogens is 155 g/mol. The molecule has 2 aliphatic carbocycles. The molecule has 0 unspecified atom stereocenters. The van der Waals surface area contributed by atoms with Crippen molar-refractivity contribution in [2.45, 2.75) is 35.9 Å². The molecule has 0 saturated heterocycles. The van der Waals surface area contributed by atoms with Crippen LogP contribution in [-0.4, -0.2) is 10.3 Å². The number of hydrogen-bond acceptors (Lipinski definition) is 0. The van der Waals surface area contributed by atoms with Crippen molar-refractivity contribution in [1.29, 1.82) is 0 Å². The Hall–Kier alpha value is 0.580. The number of rotatable bonds is 0. The fourth-order valence-electron chi connectivity index (χ4n) is 2.12. The molecule has 3 atom stereocenters.